The van der Waals surface area contributed by atoms with E-state index < -0.39 is 17.6 Å². The number of rotatable bonds is 14. The second kappa shape index (κ2) is 14.4. The summed E-state index contributed by atoms with van der Waals surface area (Å²) in [5.74, 6) is -0.722. The van der Waals surface area contributed by atoms with E-state index in [2.05, 4.69) is 50.2 Å². The molecule has 0 saturated carbocycles. The number of hydrogen-bond donors (Lipinski definition) is 0. The molecule has 2 atom stereocenters. The lowest BCUT2D eigenvalue weighted by Gasteiger charge is -2.36. The lowest BCUT2D eigenvalue weighted by atomic mass is 9.83. The van der Waals surface area contributed by atoms with Gasteiger partial charge in [-0.2, -0.15) is 0 Å². The number of ether oxygens (including phenoxy) is 1. The molecule has 1 aliphatic rings. The summed E-state index contributed by atoms with van der Waals surface area (Å²) in [6, 6.07) is 26.4. The van der Waals surface area contributed by atoms with Crippen molar-refractivity contribution < 1.29 is 13.5 Å². The van der Waals surface area contributed by atoms with Crippen molar-refractivity contribution in [2.75, 3.05) is 6.61 Å². The zero-order valence-electron chi connectivity index (χ0n) is 23.5. The zero-order chi connectivity index (χ0) is 27.5. The Labute approximate surface area is 233 Å². The maximum atomic E-state index is 15.8. The molecule has 206 valence electrons. The minimum atomic E-state index is -1.80. The SMILES string of the molecule is CCCCCCCOC1(CCCCC)C=CC(c2ccc(-c3ccc(-c4ccccc4)cc3)cc2)=C(F)C1F. The highest BCUT2D eigenvalue weighted by Gasteiger charge is 2.44. The van der Waals surface area contributed by atoms with Crippen LogP contribution in [0.2, 0.25) is 0 Å². The first-order valence-electron chi connectivity index (χ1n) is 14.7. The molecule has 3 aromatic rings. The van der Waals surface area contributed by atoms with Crippen molar-refractivity contribution in [1.29, 1.82) is 0 Å². The molecule has 0 aromatic heterocycles. The smallest absolute Gasteiger partial charge is 0.184 e. The minimum absolute atomic E-state index is 0.311. The molecule has 0 fully saturated rings. The monoisotopic (exact) mass is 528 g/mol. The van der Waals surface area contributed by atoms with Crippen molar-refractivity contribution in [3.05, 3.63) is 102 Å². The first-order valence-corrected chi connectivity index (χ1v) is 14.7. The Morgan fingerprint density at radius 1 is 0.641 bits per heavy atom. The highest BCUT2D eigenvalue weighted by atomic mass is 19.2. The van der Waals surface area contributed by atoms with Crippen LogP contribution in [-0.4, -0.2) is 18.4 Å². The molecular weight excluding hydrogens is 486 g/mol. The maximum absolute atomic E-state index is 15.8. The van der Waals surface area contributed by atoms with Gasteiger partial charge < -0.3 is 4.74 Å². The van der Waals surface area contributed by atoms with E-state index in [0.717, 1.165) is 55.2 Å². The number of halogens is 2. The van der Waals surface area contributed by atoms with Crippen molar-refractivity contribution >= 4 is 5.57 Å². The van der Waals surface area contributed by atoms with Crippen molar-refractivity contribution in [2.45, 2.75) is 83.4 Å². The van der Waals surface area contributed by atoms with Gasteiger partial charge in [0.2, 0.25) is 0 Å². The summed E-state index contributed by atoms with van der Waals surface area (Å²) >= 11 is 0. The van der Waals surface area contributed by atoms with Gasteiger partial charge in [0.25, 0.3) is 0 Å². The summed E-state index contributed by atoms with van der Waals surface area (Å²) in [4.78, 5) is 0. The van der Waals surface area contributed by atoms with Crippen LogP contribution in [0, 0.1) is 0 Å². The third kappa shape index (κ3) is 7.33. The first kappa shape index (κ1) is 29.0. The van der Waals surface area contributed by atoms with E-state index in [-0.39, 0.29) is 0 Å². The Bertz CT molecular complexity index is 1210. The number of hydrogen-bond acceptors (Lipinski definition) is 1. The van der Waals surface area contributed by atoms with Crippen LogP contribution >= 0.6 is 0 Å². The summed E-state index contributed by atoms with van der Waals surface area (Å²) in [5.41, 5.74) is 4.24. The normalized spacial score (nSPS) is 19.0. The van der Waals surface area contributed by atoms with Gasteiger partial charge in [0.1, 0.15) is 11.4 Å². The predicted molar refractivity (Wildman–Crippen MR) is 161 cm³/mol. The van der Waals surface area contributed by atoms with E-state index in [0.29, 0.717) is 24.2 Å². The molecule has 4 rings (SSSR count). The molecular formula is C36H42F2O. The van der Waals surface area contributed by atoms with Gasteiger partial charge in [-0.1, -0.05) is 144 Å². The fraction of sp³-hybridized carbons (Fsp3) is 0.389. The molecule has 3 aromatic carbocycles. The lowest BCUT2D eigenvalue weighted by molar-refractivity contribution is -0.0651. The second-order valence-electron chi connectivity index (χ2n) is 10.7. The number of alkyl halides is 1. The Hall–Kier alpha value is -3.04. The number of allylic oxidation sites excluding steroid dienone is 2. The molecule has 0 bridgehead atoms. The Balaban J connectivity index is 1.47. The third-order valence-corrected chi connectivity index (χ3v) is 7.75. The molecule has 1 aliphatic carbocycles. The molecule has 1 nitrogen and oxygen atoms in total. The first-order chi connectivity index (χ1) is 19.1. The molecule has 3 heteroatoms. The minimum Gasteiger partial charge on any atom is -0.367 e. The van der Waals surface area contributed by atoms with Crippen molar-refractivity contribution in [3.63, 3.8) is 0 Å². The fourth-order valence-electron chi connectivity index (χ4n) is 5.32. The average Bonchev–Trinajstić information content (AvgIpc) is 2.98. The Morgan fingerprint density at radius 3 is 1.74 bits per heavy atom. The largest absolute Gasteiger partial charge is 0.367 e. The van der Waals surface area contributed by atoms with Crippen LogP contribution in [0.1, 0.15) is 77.2 Å². The summed E-state index contributed by atoms with van der Waals surface area (Å²) in [6.45, 7) is 4.76. The van der Waals surface area contributed by atoms with Crippen molar-refractivity contribution in [2.24, 2.45) is 0 Å². The number of unbranched alkanes of at least 4 members (excludes halogenated alkanes) is 6. The summed E-state index contributed by atoms with van der Waals surface area (Å²) in [7, 11) is 0. The van der Waals surface area contributed by atoms with Gasteiger partial charge in [0.05, 0.1) is 0 Å². The van der Waals surface area contributed by atoms with Gasteiger partial charge in [0, 0.05) is 12.2 Å². The molecule has 0 spiro atoms. The molecule has 2 unspecified atom stereocenters. The van der Waals surface area contributed by atoms with Crippen LogP contribution in [0.4, 0.5) is 8.78 Å². The van der Waals surface area contributed by atoms with Gasteiger partial charge in [-0.3, -0.25) is 0 Å². The van der Waals surface area contributed by atoms with E-state index in [9.17, 15) is 0 Å². The fourth-order valence-corrected chi connectivity index (χ4v) is 5.32. The quantitative estimate of drug-likeness (QED) is 0.189. The highest BCUT2D eigenvalue weighted by Crippen LogP contribution is 2.41. The summed E-state index contributed by atoms with van der Waals surface area (Å²) in [5, 5.41) is 0. The van der Waals surface area contributed by atoms with E-state index in [4.69, 9.17) is 4.74 Å². The van der Waals surface area contributed by atoms with Crippen LogP contribution in [0.25, 0.3) is 27.8 Å². The van der Waals surface area contributed by atoms with Crippen LogP contribution < -0.4 is 0 Å². The number of benzene rings is 3. The third-order valence-electron chi connectivity index (χ3n) is 7.75. The Morgan fingerprint density at radius 2 is 1.15 bits per heavy atom. The molecule has 0 amide bonds. The van der Waals surface area contributed by atoms with Crippen LogP contribution in [0.3, 0.4) is 0 Å². The molecule has 0 aliphatic heterocycles. The van der Waals surface area contributed by atoms with Crippen molar-refractivity contribution in [3.8, 4) is 22.3 Å². The predicted octanol–water partition coefficient (Wildman–Crippen LogP) is 10.9. The van der Waals surface area contributed by atoms with Gasteiger partial charge in [-0.25, -0.2) is 8.78 Å². The van der Waals surface area contributed by atoms with E-state index >= 15 is 8.78 Å². The highest BCUT2D eigenvalue weighted by molar-refractivity contribution is 5.80. The molecule has 0 N–H and O–H groups in total. The summed E-state index contributed by atoms with van der Waals surface area (Å²) < 4.78 is 37.6. The van der Waals surface area contributed by atoms with Gasteiger partial charge in [0.15, 0.2) is 6.17 Å². The Kier molecular flexibility index (Phi) is 10.7. The molecule has 0 radical (unpaired) electrons. The van der Waals surface area contributed by atoms with Gasteiger partial charge in [-0.15, -0.1) is 0 Å². The second-order valence-corrected chi connectivity index (χ2v) is 10.7. The molecule has 39 heavy (non-hydrogen) atoms. The zero-order valence-corrected chi connectivity index (χ0v) is 23.5. The standard InChI is InChI=1S/C36H42F2O/c1-3-5-7-8-13-27-39-36(25-12-6-4-2)26-24-33(34(37)35(36)38)32-22-20-31(21-23-32)30-18-16-29(17-19-30)28-14-10-9-11-15-28/h9-11,14-24,26,35H,3-8,12-13,25,27H2,1-2H3. The van der Waals surface area contributed by atoms with Crippen LogP contribution in [0.15, 0.2) is 96.8 Å². The molecule has 0 saturated heterocycles. The summed E-state index contributed by atoms with van der Waals surface area (Å²) in [6.07, 6.45) is 10.5. The average molecular weight is 529 g/mol. The van der Waals surface area contributed by atoms with Crippen LogP contribution in [0.5, 0.6) is 0 Å². The lowest BCUT2D eigenvalue weighted by Crippen LogP contribution is -2.43. The molecule has 0 heterocycles. The van der Waals surface area contributed by atoms with E-state index in [1.807, 2.05) is 42.5 Å². The topological polar surface area (TPSA) is 9.23 Å². The maximum Gasteiger partial charge on any atom is 0.184 e. The van der Waals surface area contributed by atoms with Crippen molar-refractivity contribution in [1.82, 2.24) is 0 Å². The van der Waals surface area contributed by atoms with Crippen LogP contribution in [-0.2, 0) is 4.74 Å². The van der Waals surface area contributed by atoms with E-state index in [1.54, 1.807) is 12.2 Å². The van der Waals surface area contributed by atoms with Gasteiger partial charge in [-0.05, 0) is 46.7 Å². The van der Waals surface area contributed by atoms with E-state index in [1.165, 1.54) is 18.4 Å². The van der Waals surface area contributed by atoms with Gasteiger partial charge >= 0.3 is 0 Å².